The van der Waals surface area contributed by atoms with Crippen LogP contribution in [0.25, 0.3) is 0 Å². The number of aliphatic hydroxyl groups is 2. The minimum atomic E-state index is -3.97. The molecule has 2 aromatic heterocycles. The zero-order chi connectivity index (χ0) is 69.8. The Morgan fingerprint density at radius 2 is 0.857 bits per heavy atom. The van der Waals surface area contributed by atoms with Gasteiger partial charge in [-0.05, 0) is 195 Å². The van der Waals surface area contributed by atoms with Crippen molar-refractivity contribution in [2.75, 3.05) is 28.4 Å². The Labute approximate surface area is 572 Å². The lowest BCUT2D eigenvalue weighted by Crippen LogP contribution is -2.30. The molecule has 0 aliphatic heterocycles. The summed E-state index contributed by atoms with van der Waals surface area (Å²) in [7, 11) is -1.44. The van der Waals surface area contributed by atoms with E-state index in [0.29, 0.717) is 98.6 Å². The van der Waals surface area contributed by atoms with Gasteiger partial charge in [0.25, 0.3) is 31.4 Å². The molecule has 4 aliphatic rings. The van der Waals surface area contributed by atoms with Crippen LogP contribution in [-0.4, -0.2) is 93.5 Å². The number of allylic oxidation sites excluding steroid dienone is 2. The van der Waals surface area contributed by atoms with E-state index >= 15 is 0 Å². The quantitative estimate of drug-likeness (QED) is 0.0262. The van der Waals surface area contributed by atoms with Crippen molar-refractivity contribution in [2.45, 2.75) is 150 Å². The maximum absolute atomic E-state index is 13.9. The van der Waals surface area contributed by atoms with Crippen LogP contribution in [0, 0.1) is 20.2 Å². The molecule has 8 aromatic rings. The molecule has 0 bridgehead atoms. The van der Waals surface area contributed by atoms with Gasteiger partial charge in [-0.1, -0.05) is 85.0 Å². The van der Waals surface area contributed by atoms with E-state index in [1.165, 1.54) is 20.7 Å². The van der Waals surface area contributed by atoms with Gasteiger partial charge in [-0.3, -0.25) is 29.6 Å². The molecule has 24 heteroatoms. The van der Waals surface area contributed by atoms with E-state index in [0.717, 1.165) is 87.7 Å². The van der Waals surface area contributed by atoms with E-state index in [9.17, 15) is 47.3 Å². The van der Waals surface area contributed by atoms with Crippen molar-refractivity contribution in [3.63, 3.8) is 0 Å². The predicted octanol–water partition coefficient (Wildman–Crippen LogP) is 12.5. The number of fused-ring (bicyclic) bond motifs is 4. The highest BCUT2D eigenvalue weighted by Gasteiger charge is 2.46. The fraction of sp³-hybridized carbons (Fsp3) is 0.351. The van der Waals surface area contributed by atoms with Crippen LogP contribution in [0.5, 0.6) is 23.0 Å². The maximum atomic E-state index is 13.9. The second-order valence-electron chi connectivity index (χ2n) is 24.9. The lowest BCUT2D eigenvalue weighted by atomic mass is 9.88. The zero-order valence-corrected chi connectivity index (χ0v) is 57.4. The lowest BCUT2D eigenvalue weighted by Gasteiger charge is -2.23. The number of hydrogen-bond acceptors (Lipinski definition) is 16. The Hall–Kier alpha value is -9.30. The Morgan fingerprint density at radius 1 is 0.500 bits per heavy atom. The first-order chi connectivity index (χ1) is 47.1. The van der Waals surface area contributed by atoms with Crippen LogP contribution < -0.4 is 18.9 Å². The molecule has 4 aliphatic carbocycles. The third kappa shape index (κ3) is 16.3. The standard InChI is InChI=1S/C36H40N4O7S.C23H27N3O4S.C15H17NO3/c1-46-30-13-9-26(10-14-30)24-39(25-27-11-15-31(47-2)16-12-27)48(44,45)33-18-22-38(37-33)21-5-3-4-19-36(41)20-17-29-23-28-7-6-8-32(28)35(34(29)36)40(42)43;1-4-5-15-25-16-14-23(24-25)31(27,28)26(17-19-6-10-21(29-2)11-7-19)18-20-8-12-22(30-3)13-9-20;1-2-7-15(17)8-6-11-9-10-4-3-5-12(10)14(13(11)15)16(18)19/h3-4,9-16,18,22-23,41H,5-8,17,19-21,24-25H2,1-2H3;4,6-14,16H,1,5,15,17-18H2,2-3H3;2,9,17H,1,3-8H2/b4-3-;;. The minimum absolute atomic E-state index is 0.0265. The van der Waals surface area contributed by atoms with Gasteiger partial charge in [-0.15, -0.1) is 13.2 Å². The second-order valence-corrected chi connectivity index (χ2v) is 28.7. The molecule has 6 aromatic carbocycles. The van der Waals surface area contributed by atoms with Gasteiger partial charge >= 0.3 is 0 Å². The minimum Gasteiger partial charge on any atom is -0.497 e. The van der Waals surface area contributed by atoms with Crippen molar-refractivity contribution < 1.29 is 55.8 Å². The summed E-state index contributed by atoms with van der Waals surface area (Å²) in [5.74, 6) is 2.80. The summed E-state index contributed by atoms with van der Waals surface area (Å²) in [5, 5.41) is 54.5. The lowest BCUT2D eigenvalue weighted by molar-refractivity contribution is -0.387. The van der Waals surface area contributed by atoms with Crippen LogP contribution in [0.2, 0.25) is 0 Å². The first-order valence-electron chi connectivity index (χ1n) is 32.7. The maximum Gasteiger partial charge on any atom is 0.279 e. The number of rotatable bonds is 28. The Balaban J connectivity index is 0.000000177. The van der Waals surface area contributed by atoms with Crippen LogP contribution in [0.1, 0.15) is 118 Å². The van der Waals surface area contributed by atoms with Gasteiger partial charge in [0.05, 0.1) is 49.4 Å². The van der Waals surface area contributed by atoms with Crippen molar-refractivity contribution in [3.8, 4) is 23.0 Å². The Bertz CT molecular complexity index is 4320. The normalized spacial score (nSPS) is 16.7. The van der Waals surface area contributed by atoms with Crippen LogP contribution in [0.4, 0.5) is 11.4 Å². The summed E-state index contributed by atoms with van der Waals surface area (Å²) in [4.78, 5) is 23.0. The average Bonchev–Trinajstić information content (AvgIpc) is 1.58. The molecule has 2 unspecified atom stereocenters. The van der Waals surface area contributed by atoms with E-state index < -0.39 is 31.2 Å². The van der Waals surface area contributed by atoms with Gasteiger partial charge in [0, 0.05) is 62.8 Å². The highest BCUT2D eigenvalue weighted by molar-refractivity contribution is 7.89. The molecule has 2 heterocycles. The van der Waals surface area contributed by atoms with Gasteiger partial charge in [0.2, 0.25) is 0 Å². The monoisotopic (exact) mass is 1370 g/mol. The highest BCUT2D eigenvalue weighted by atomic mass is 32.2. The van der Waals surface area contributed by atoms with E-state index in [1.54, 1.807) is 86.6 Å². The van der Waals surface area contributed by atoms with Crippen LogP contribution in [0.15, 0.2) is 181 Å². The molecule has 0 spiro atoms. The summed E-state index contributed by atoms with van der Waals surface area (Å²) < 4.78 is 81.7. The van der Waals surface area contributed by atoms with Gasteiger partial charge < -0.3 is 29.2 Å². The van der Waals surface area contributed by atoms with Crippen molar-refractivity contribution in [3.05, 3.63) is 258 Å². The highest BCUT2D eigenvalue weighted by Crippen LogP contribution is 2.50. The Kier molecular flexibility index (Phi) is 23.0. The summed E-state index contributed by atoms with van der Waals surface area (Å²) in [6, 6.07) is 36.4. The number of nitro benzene ring substituents is 2. The number of methoxy groups -OCH3 is 4. The number of sulfonamides is 2. The molecule has 2 atom stereocenters. The molecule has 0 saturated heterocycles. The third-order valence-corrected chi connectivity index (χ3v) is 21.9. The van der Waals surface area contributed by atoms with E-state index in [2.05, 4.69) is 35.5 Å². The summed E-state index contributed by atoms with van der Waals surface area (Å²) in [5.41, 5.74) is 7.85. The number of nitro groups is 2. The number of ether oxygens (including phenoxy) is 4. The third-order valence-electron chi connectivity index (χ3n) is 18.5. The molecule has 22 nitrogen and oxygen atoms in total. The fourth-order valence-corrected chi connectivity index (χ4v) is 16.2. The van der Waals surface area contributed by atoms with Crippen molar-refractivity contribution in [1.29, 1.82) is 0 Å². The topological polar surface area (TPSA) is 274 Å². The molecule has 516 valence electrons. The molecule has 0 fully saturated rings. The average molecular weight is 1370 g/mol. The van der Waals surface area contributed by atoms with Crippen LogP contribution >= 0.6 is 0 Å². The molecule has 12 rings (SSSR count). The smallest absolute Gasteiger partial charge is 0.279 e. The number of aromatic nitrogens is 4. The van der Waals surface area contributed by atoms with E-state index in [4.69, 9.17) is 18.9 Å². The van der Waals surface area contributed by atoms with Crippen molar-refractivity contribution in [1.82, 2.24) is 28.2 Å². The van der Waals surface area contributed by atoms with Gasteiger partial charge in [0.1, 0.15) is 34.2 Å². The first-order valence-corrected chi connectivity index (χ1v) is 35.6. The number of nitrogens with zero attached hydrogens (tertiary/aromatic N) is 8. The van der Waals surface area contributed by atoms with Crippen molar-refractivity contribution >= 4 is 31.4 Å². The summed E-state index contributed by atoms with van der Waals surface area (Å²) >= 11 is 0. The molecular weight excluding hydrogens is 1290 g/mol. The second kappa shape index (κ2) is 31.5. The van der Waals surface area contributed by atoms with E-state index in [-0.39, 0.29) is 63.9 Å². The summed E-state index contributed by atoms with van der Waals surface area (Å²) in [6.07, 6.45) is 19.8. The number of aryl methyl sites for hydroxylation is 6. The van der Waals surface area contributed by atoms with E-state index in [1.807, 2.05) is 84.9 Å². The summed E-state index contributed by atoms with van der Waals surface area (Å²) in [6.45, 7) is 9.05. The SMILES string of the molecule is C=CCC1(O)CCc2cc3c(c([N+](=O)[O-])c21)CCC3.C=CCCn1ccc(S(=O)(=O)N(Cc2ccc(OC)cc2)Cc2ccc(OC)cc2)n1.COc1ccc(CN(Cc2ccc(OC)cc2)S(=O)(=O)c2ccn(CC/C=C\CC3(O)CCc4cc5c(c([N+](=O)[O-])c43)CCC5)n2)cc1. The molecule has 0 amide bonds. The molecule has 0 saturated carbocycles. The Morgan fingerprint density at radius 3 is 1.19 bits per heavy atom. The molecule has 98 heavy (non-hydrogen) atoms. The molecular formula is C74H84N8O14S2. The van der Waals surface area contributed by atoms with Gasteiger partial charge in [-0.2, -0.15) is 18.8 Å². The fourth-order valence-electron chi connectivity index (χ4n) is 13.5. The van der Waals surface area contributed by atoms with Crippen LogP contribution in [0.3, 0.4) is 0 Å². The zero-order valence-electron chi connectivity index (χ0n) is 55.8. The van der Waals surface area contributed by atoms with Gasteiger partial charge in [-0.25, -0.2) is 16.8 Å². The van der Waals surface area contributed by atoms with Gasteiger partial charge in [0.15, 0.2) is 10.1 Å². The number of benzene rings is 6. The largest absolute Gasteiger partial charge is 0.497 e. The number of hydrogen-bond donors (Lipinski definition) is 2. The first kappa shape index (κ1) is 71.5. The molecule has 0 radical (unpaired) electrons. The van der Waals surface area contributed by atoms with Crippen LogP contribution in [-0.2, 0) is 109 Å². The molecule has 2 N–H and O–H groups in total. The van der Waals surface area contributed by atoms with Crippen molar-refractivity contribution in [2.24, 2.45) is 0 Å². The predicted molar refractivity (Wildman–Crippen MR) is 372 cm³/mol.